The minimum absolute atomic E-state index is 0.0498. The molecule has 1 aliphatic rings. The van der Waals surface area contributed by atoms with Crippen LogP contribution in [0.3, 0.4) is 0 Å². The molecular weight excluding hydrogens is 368 g/mol. The van der Waals surface area contributed by atoms with Crippen LogP contribution < -0.4 is 0 Å². The van der Waals surface area contributed by atoms with Crippen molar-refractivity contribution < 1.29 is 9.63 Å². The van der Waals surface area contributed by atoms with Gasteiger partial charge >= 0.3 is 0 Å². The Morgan fingerprint density at radius 2 is 1.47 bits per heavy atom. The van der Waals surface area contributed by atoms with E-state index in [0.29, 0.717) is 0 Å². The molecule has 0 saturated heterocycles. The van der Waals surface area contributed by atoms with Crippen molar-refractivity contribution in [2.24, 2.45) is 13.5 Å². The van der Waals surface area contributed by atoms with Crippen LogP contribution in [0.25, 0.3) is 0 Å². The Balaban J connectivity index is 3.18. The Morgan fingerprint density at radius 1 is 0.933 bits per heavy atom. The maximum Gasteiger partial charge on any atom is 0.299 e. The standard InChI is InChI=1S/C2H5Cl5N3O2P3/c3-13(4)8-14(5,6)10-15(7,9-13)12-2-1-11/h11H,1-2H2. The van der Waals surface area contributed by atoms with Crippen LogP contribution in [0.2, 0.25) is 0 Å². The van der Waals surface area contributed by atoms with Crippen molar-refractivity contribution >= 4 is 74.8 Å². The predicted octanol–water partition coefficient (Wildman–Crippen LogP) is 6.04. The highest BCUT2D eigenvalue weighted by atomic mass is 35.9. The number of halogens is 5. The second-order valence-electron chi connectivity index (χ2n) is 2.21. The van der Waals surface area contributed by atoms with Crippen LogP contribution in [-0.4, -0.2) is 18.3 Å². The second kappa shape index (κ2) is 5.36. The fraction of sp³-hybridized carbons (Fsp3) is 1.00. The van der Waals surface area contributed by atoms with Gasteiger partial charge in [-0.3, -0.25) is 0 Å². The second-order valence-corrected chi connectivity index (χ2v) is 15.4. The van der Waals surface area contributed by atoms with Crippen molar-refractivity contribution in [2.75, 3.05) is 13.2 Å². The van der Waals surface area contributed by atoms with Gasteiger partial charge in [0.15, 0.2) is 0 Å². The molecule has 1 atom stereocenters. The van der Waals surface area contributed by atoms with Gasteiger partial charge in [0.2, 0.25) is 0 Å². The van der Waals surface area contributed by atoms with E-state index in [9.17, 15) is 0 Å². The number of aliphatic hydroxyl groups is 1. The van der Waals surface area contributed by atoms with Crippen LogP contribution in [0.1, 0.15) is 0 Å². The molecule has 1 heterocycles. The fourth-order valence-electron chi connectivity index (χ4n) is 0.657. The molecule has 0 aromatic heterocycles. The molecule has 0 saturated carbocycles. The Morgan fingerprint density at radius 3 is 1.93 bits per heavy atom. The lowest BCUT2D eigenvalue weighted by Crippen LogP contribution is -1.93. The Bertz CT molecular complexity index is 402. The third-order valence-electron chi connectivity index (χ3n) is 0.998. The summed E-state index contributed by atoms with van der Waals surface area (Å²) in [7, 11) is 0. The largest absolute Gasteiger partial charge is 0.394 e. The first-order valence-electron chi connectivity index (χ1n) is 3.33. The van der Waals surface area contributed by atoms with Crippen molar-refractivity contribution in [2.45, 2.75) is 0 Å². The molecule has 5 nitrogen and oxygen atoms in total. The first-order chi connectivity index (χ1) is 6.68. The van der Waals surface area contributed by atoms with Gasteiger partial charge < -0.3 is 9.63 Å². The molecule has 1 N–H and O–H groups in total. The zero-order valence-electron chi connectivity index (χ0n) is 6.84. The quantitative estimate of drug-likeness (QED) is 0.613. The van der Waals surface area contributed by atoms with Gasteiger partial charge in [0.1, 0.15) is 0 Å². The van der Waals surface area contributed by atoms with Crippen LogP contribution in [0, 0.1) is 0 Å². The Hall–Kier alpha value is 2.06. The maximum atomic E-state index is 8.59. The average Bonchev–Trinajstić information content (AvgIpc) is 1.93. The third-order valence-corrected chi connectivity index (χ3v) is 13.1. The van der Waals surface area contributed by atoms with Gasteiger partial charge in [-0.2, -0.15) is 13.5 Å². The fourth-order valence-corrected chi connectivity index (χ4v) is 17.2. The van der Waals surface area contributed by atoms with E-state index in [1.165, 1.54) is 0 Å². The molecule has 0 bridgehead atoms. The molecule has 15 heavy (non-hydrogen) atoms. The molecule has 0 aliphatic carbocycles. The van der Waals surface area contributed by atoms with Crippen molar-refractivity contribution in [3.8, 4) is 0 Å². The van der Waals surface area contributed by atoms with Crippen molar-refractivity contribution in [1.29, 1.82) is 0 Å². The Labute approximate surface area is 111 Å². The lowest BCUT2D eigenvalue weighted by Gasteiger charge is -2.20. The van der Waals surface area contributed by atoms with Crippen molar-refractivity contribution in [3.63, 3.8) is 0 Å². The molecule has 0 amide bonds. The molecule has 0 aromatic rings. The monoisotopic (exact) mass is 371 g/mol. The Kier molecular flexibility index (Phi) is 5.41. The molecule has 0 radical (unpaired) electrons. The van der Waals surface area contributed by atoms with E-state index in [2.05, 4.69) is 13.5 Å². The van der Waals surface area contributed by atoms with Gasteiger partial charge in [0.25, 0.3) is 18.6 Å². The molecule has 0 spiro atoms. The summed E-state index contributed by atoms with van der Waals surface area (Å²) in [5.41, 5.74) is 0. The van der Waals surface area contributed by atoms with Gasteiger partial charge in [-0.05, 0) is 56.2 Å². The number of hydrogen-bond acceptors (Lipinski definition) is 5. The van der Waals surface area contributed by atoms with E-state index in [-0.39, 0.29) is 13.2 Å². The first kappa shape index (κ1) is 15.1. The third kappa shape index (κ3) is 5.06. The highest BCUT2D eigenvalue weighted by Crippen LogP contribution is 2.86. The van der Waals surface area contributed by atoms with Gasteiger partial charge in [0, 0.05) is 0 Å². The summed E-state index contributed by atoms with van der Waals surface area (Å²) >= 11 is 29.0. The summed E-state index contributed by atoms with van der Waals surface area (Å²) in [5, 5.41) is 8.59. The first-order valence-corrected chi connectivity index (χ1v) is 12.9. The molecule has 1 unspecified atom stereocenters. The minimum Gasteiger partial charge on any atom is -0.394 e. The maximum absolute atomic E-state index is 8.59. The van der Waals surface area contributed by atoms with Gasteiger partial charge in [0.05, 0.1) is 13.2 Å². The molecule has 1 aliphatic heterocycles. The summed E-state index contributed by atoms with van der Waals surface area (Å²) in [5.74, 6) is -6.05. The van der Waals surface area contributed by atoms with Crippen LogP contribution in [0.5, 0.6) is 0 Å². The predicted molar refractivity (Wildman–Crippen MR) is 70.3 cm³/mol. The normalized spacial score (nSPS) is 32.4. The molecule has 1 rings (SSSR count). The zero-order valence-corrected chi connectivity index (χ0v) is 13.3. The lowest BCUT2D eigenvalue weighted by molar-refractivity contribution is 0.214. The average molecular weight is 373 g/mol. The summed E-state index contributed by atoms with van der Waals surface area (Å²) in [6.07, 6.45) is 0. The summed E-state index contributed by atoms with van der Waals surface area (Å²) in [6.45, 7) is -3.37. The van der Waals surface area contributed by atoms with Crippen molar-refractivity contribution in [3.05, 3.63) is 0 Å². The highest BCUT2D eigenvalue weighted by Gasteiger charge is 2.32. The number of aliphatic hydroxyl groups excluding tert-OH is 1. The smallest absolute Gasteiger partial charge is 0.299 e. The molecule has 0 fully saturated rings. The van der Waals surface area contributed by atoms with E-state index in [0.717, 1.165) is 0 Å². The van der Waals surface area contributed by atoms with Gasteiger partial charge in [-0.15, -0.1) is 0 Å². The van der Waals surface area contributed by atoms with Gasteiger partial charge in [-0.25, -0.2) is 0 Å². The molecule has 90 valence electrons. The van der Waals surface area contributed by atoms with Crippen LogP contribution in [0.4, 0.5) is 0 Å². The van der Waals surface area contributed by atoms with E-state index >= 15 is 0 Å². The van der Waals surface area contributed by atoms with Crippen molar-refractivity contribution in [1.82, 2.24) is 0 Å². The molecule has 0 aromatic carbocycles. The van der Waals surface area contributed by atoms with Crippen LogP contribution >= 0.6 is 74.8 Å². The molecule has 13 heteroatoms. The number of nitrogens with zero attached hydrogens (tertiary/aromatic N) is 3. The summed E-state index contributed by atoms with van der Waals surface area (Å²) in [6, 6.07) is 0. The summed E-state index contributed by atoms with van der Waals surface area (Å²) in [4.78, 5) is 0. The lowest BCUT2D eigenvalue weighted by atomic mass is 10.8. The molecular formula is C2H5Cl5N3O2P3. The minimum atomic E-state index is -3.08. The zero-order chi connectivity index (χ0) is 11.7. The number of hydrogen-bond donors (Lipinski definition) is 1. The summed E-state index contributed by atoms with van der Waals surface area (Å²) < 4.78 is 16.3. The van der Waals surface area contributed by atoms with Gasteiger partial charge in [-0.1, -0.05) is 0 Å². The number of rotatable bonds is 3. The van der Waals surface area contributed by atoms with Crippen LogP contribution in [-0.2, 0) is 4.52 Å². The SMILES string of the molecule is OCCOP1(Cl)=NP(Cl)(Cl)=NP(Cl)(Cl)=N1. The van der Waals surface area contributed by atoms with E-state index < -0.39 is 18.6 Å². The van der Waals surface area contributed by atoms with E-state index in [1.54, 1.807) is 0 Å². The topological polar surface area (TPSA) is 66.5 Å². The van der Waals surface area contributed by atoms with E-state index in [4.69, 9.17) is 65.8 Å². The highest BCUT2D eigenvalue weighted by molar-refractivity contribution is 8.22. The van der Waals surface area contributed by atoms with Crippen LogP contribution in [0.15, 0.2) is 13.5 Å². The van der Waals surface area contributed by atoms with E-state index in [1.807, 2.05) is 0 Å².